The zero-order valence-corrected chi connectivity index (χ0v) is 11.1. The Labute approximate surface area is 112 Å². The molecular formula is C14H17N3O2. The molecule has 5 heteroatoms. The average molecular weight is 259 g/mol. The highest BCUT2D eigenvalue weighted by molar-refractivity contribution is 5.96. The molecule has 0 unspecified atom stereocenters. The highest BCUT2D eigenvalue weighted by Crippen LogP contribution is 2.13. The van der Waals surface area contributed by atoms with Crippen LogP contribution in [0.3, 0.4) is 0 Å². The number of amides is 1. The summed E-state index contributed by atoms with van der Waals surface area (Å²) in [7, 11) is 0. The van der Waals surface area contributed by atoms with Gasteiger partial charge in [0.1, 0.15) is 11.3 Å². The van der Waals surface area contributed by atoms with Crippen molar-refractivity contribution in [3.05, 3.63) is 47.1 Å². The number of nitrogens with zero attached hydrogens (tertiary/aromatic N) is 2. The van der Waals surface area contributed by atoms with Gasteiger partial charge in [0.05, 0.1) is 5.69 Å². The van der Waals surface area contributed by atoms with Crippen LogP contribution in [0.2, 0.25) is 0 Å². The summed E-state index contributed by atoms with van der Waals surface area (Å²) >= 11 is 0. The Kier molecular flexibility index (Phi) is 4.28. The van der Waals surface area contributed by atoms with E-state index in [-0.39, 0.29) is 5.91 Å². The van der Waals surface area contributed by atoms with Gasteiger partial charge in [-0.05, 0) is 25.5 Å². The minimum absolute atomic E-state index is 0.133. The van der Waals surface area contributed by atoms with Gasteiger partial charge in [0.2, 0.25) is 0 Å². The van der Waals surface area contributed by atoms with Gasteiger partial charge >= 0.3 is 0 Å². The van der Waals surface area contributed by atoms with Gasteiger partial charge in [-0.1, -0.05) is 18.1 Å². The monoisotopic (exact) mass is 259 g/mol. The molecule has 0 spiro atoms. The predicted octanol–water partition coefficient (Wildman–Crippen LogP) is 1.91. The third-order valence-electron chi connectivity index (χ3n) is 2.89. The molecule has 0 saturated carbocycles. The molecule has 0 aromatic carbocycles. The summed E-state index contributed by atoms with van der Waals surface area (Å²) in [5, 5.41) is 6.74. The molecular weight excluding hydrogens is 242 g/mol. The molecule has 19 heavy (non-hydrogen) atoms. The fraction of sp³-hybridized carbons (Fsp3) is 0.357. The fourth-order valence-corrected chi connectivity index (χ4v) is 1.89. The van der Waals surface area contributed by atoms with E-state index in [2.05, 4.69) is 15.5 Å². The maximum Gasteiger partial charge on any atom is 0.256 e. The maximum atomic E-state index is 12.1. The van der Waals surface area contributed by atoms with Crippen LogP contribution >= 0.6 is 0 Å². The lowest BCUT2D eigenvalue weighted by molar-refractivity contribution is 0.0952. The van der Waals surface area contributed by atoms with Gasteiger partial charge in [-0.2, -0.15) is 0 Å². The smallest absolute Gasteiger partial charge is 0.256 e. The van der Waals surface area contributed by atoms with Crippen molar-refractivity contribution in [2.24, 2.45) is 0 Å². The average Bonchev–Trinajstić information content (AvgIpc) is 2.81. The number of aromatic nitrogens is 2. The third kappa shape index (κ3) is 3.19. The molecule has 0 radical (unpaired) electrons. The van der Waals surface area contributed by atoms with Crippen molar-refractivity contribution in [2.45, 2.75) is 26.7 Å². The van der Waals surface area contributed by atoms with Crippen LogP contribution in [0.1, 0.15) is 34.4 Å². The second-order valence-electron chi connectivity index (χ2n) is 4.24. The molecule has 0 aliphatic carbocycles. The predicted molar refractivity (Wildman–Crippen MR) is 70.9 cm³/mol. The van der Waals surface area contributed by atoms with E-state index in [1.165, 1.54) is 0 Å². The van der Waals surface area contributed by atoms with Crippen LogP contribution in [0.15, 0.2) is 28.9 Å². The number of nitrogens with one attached hydrogen (secondary N) is 1. The van der Waals surface area contributed by atoms with E-state index >= 15 is 0 Å². The number of hydrogen-bond acceptors (Lipinski definition) is 4. The summed E-state index contributed by atoms with van der Waals surface area (Å²) in [6, 6.07) is 5.74. The number of hydrogen-bond donors (Lipinski definition) is 1. The Hall–Kier alpha value is -2.17. The largest absolute Gasteiger partial charge is 0.361 e. The number of carbonyl (C=O) groups excluding carboxylic acids is 1. The zero-order chi connectivity index (χ0) is 13.7. The second-order valence-corrected chi connectivity index (χ2v) is 4.24. The Morgan fingerprint density at radius 3 is 2.95 bits per heavy atom. The molecule has 0 bridgehead atoms. The summed E-state index contributed by atoms with van der Waals surface area (Å²) in [5.74, 6) is 0.429. The Bertz CT molecular complexity index is 549. The van der Waals surface area contributed by atoms with E-state index in [9.17, 15) is 4.79 Å². The van der Waals surface area contributed by atoms with Crippen molar-refractivity contribution in [3.8, 4) is 0 Å². The Morgan fingerprint density at radius 2 is 2.26 bits per heavy atom. The van der Waals surface area contributed by atoms with E-state index in [1.807, 2.05) is 25.1 Å². The van der Waals surface area contributed by atoms with Crippen LogP contribution in [-0.4, -0.2) is 22.6 Å². The van der Waals surface area contributed by atoms with Crippen LogP contribution in [0.5, 0.6) is 0 Å². The minimum Gasteiger partial charge on any atom is -0.361 e. The van der Waals surface area contributed by atoms with Crippen molar-refractivity contribution in [1.82, 2.24) is 15.5 Å². The van der Waals surface area contributed by atoms with Gasteiger partial charge in [-0.25, -0.2) is 0 Å². The molecule has 2 aromatic rings. The molecule has 0 saturated heterocycles. The molecule has 1 amide bonds. The lowest BCUT2D eigenvalue weighted by Gasteiger charge is -2.04. The molecule has 1 N–H and O–H groups in total. The Morgan fingerprint density at radius 1 is 1.42 bits per heavy atom. The molecule has 0 aliphatic rings. The van der Waals surface area contributed by atoms with Crippen LogP contribution in [0.25, 0.3) is 0 Å². The normalized spacial score (nSPS) is 10.4. The van der Waals surface area contributed by atoms with E-state index in [0.29, 0.717) is 36.4 Å². The number of rotatable bonds is 5. The highest BCUT2D eigenvalue weighted by atomic mass is 16.5. The standard InChI is InChI=1S/C14H17N3O2/c1-3-12-13(10(2)19-17-12)14(18)16-9-7-11-6-4-5-8-15-11/h4-6,8H,3,7,9H2,1-2H3,(H,16,18). The first kappa shape index (κ1) is 13.3. The Balaban J connectivity index is 1.93. The minimum atomic E-state index is -0.133. The van der Waals surface area contributed by atoms with Gasteiger partial charge in [-0.3, -0.25) is 9.78 Å². The van der Waals surface area contributed by atoms with Gasteiger partial charge in [-0.15, -0.1) is 0 Å². The van der Waals surface area contributed by atoms with Gasteiger partial charge in [0.25, 0.3) is 5.91 Å². The first-order chi connectivity index (χ1) is 9.22. The lowest BCUT2D eigenvalue weighted by atomic mass is 10.1. The van der Waals surface area contributed by atoms with Crippen LogP contribution in [-0.2, 0) is 12.8 Å². The first-order valence-electron chi connectivity index (χ1n) is 6.35. The molecule has 5 nitrogen and oxygen atoms in total. The van der Waals surface area contributed by atoms with Crippen molar-refractivity contribution in [3.63, 3.8) is 0 Å². The number of pyridine rings is 1. The van der Waals surface area contributed by atoms with E-state index in [0.717, 1.165) is 5.69 Å². The second kappa shape index (κ2) is 6.13. The van der Waals surface area contributed by atoms with Crippen LogP contribution < -0.4 is 5.32 Å². The summed E-state index contributed by atoms with van der Waals surface area (Å²) in [4.78, 5) is 16.3. The van der Waals surface area contributed by atoms with Gasteiger partial charge in [0.15, 0.2) is 0 Å². The summed E-state index contributed by atoms with van der Waals surface area (Å²) < 4.78 is 5.05. The van der Waals surface area contributed by atoms with E-state index in [4.69, 9.17) is 4.52 Å². The number of carbonyl (C=O) groups is 1. The van der Waals surface area contributed by atoms with Crippen molar-refractivity contribution < 1.29 is 9.32 Å². The zero-order valence-electron chi connectivity index (χ0n) is 11.1. The molecule has 0 atom stereocenters. The van der Waals surface area contributed by atoms with E-state index in [1.54, 1.807) is 13.1 Å². The van der Waals surface area contributed by atoms with Crippen LogP contribution in [0, 0.1) is 6.92 Å². The molecule has 2 aromatic heterocycles. The third-order valence-corrected chi connectivity index (χ3v) is 2.89. The summed E-state index contributed by atoms with van der Waals surface area (Å²) in [6.45, 7) is 4.24. The molecule has 0 fully saturated rings. The van der Waals surface area contributed by atoms with E-state index < -0.39 is 0 Å². The summed E-state index contributed by atoms with van der Waals surface area (Å²) in [6.07, 6.45) is 3.13. The van der Waals surface area contributed by atoms with Gasteiger partial charge < -0.3 is 9.84 Å². The topological polar surface area (TPSA) is 68.0 Å². The molecule has 100 valence electrons. The molecule has 2 rings (SSSR count). The maximum absolute atomic E-state index is 12.1. The van der Waals surface area contributed by atoms with Gasteiger partial charge in [0, 0.05) is 24.9 Å². The van der Waals surface area contributed by atoms with Crippen molar-refractivity contribution in [1.29, 1.82) is 0 Å². The summed E-state index contributed by atoms with van der Waals surface area (Å²) in [5.41, 5.74) is 2.22. The lowest BCUT2D eigenvalue weighted by Crippen LogP contribution is -2.27. The van der Waals surface area contributed by atoms with Crippen molar-refractivity contribution >= 4 is 5.91 Å². The van der Waals surface area contributed by atoms with Crippen molar-refractivity contribution in [2.75, 3.05) is 6.54 Å². The molecule has 2 heterocycles. The SMILES string of the molecule is CCc1noc(C)c1C(=O)NCCc1ccccn1. The first-order valence-corrected chi connectivity index (χ1v) is 6.35. The fourth-order valence-electron chi connectivity index (χ4n) is 1.89. The number of aryl methyl sites for hydroxylation is 2. The molecule has 0 aliphatic heterocycles. The quantitative estimate of drug-likeness (QED) is 0.890. The highest BCUT2D eigenvalue weighted by Gasteiger charge is 2.18. The van der Waals surface area contributed by atoms with Crippen LogP contribution in [0.4, 0.5) is 0 Å².